The van der Waals surface area contributed by atoms with Crippen LogP contribution in [0.2, 0.25) is 0 Å². The highest BCUT2D eigenvalue weighted by molar-refractivity contribution is 6.14. The number of nitrogens with one attached hydrogen (secondary N) is 1. The van der Waals surface area contributed by atoms with E-state index in [-0.39, 0.29) is 6.17 Å². The molecule has 200 valence electrons. The van der Waals surface area contributed by atoms with Crippen LogP contribution in [0.5, 0.6) is 0 Å². The largest absolute Gasteiger partial charge is 0.344 e. The van der Waals surface area contributed by atoms with E-state index >= 15 is 0 Å². The van der Waals surface area contributed by atoms with E-state index in [1.54, 1.807) is 0 Å². The van der Waals surface area contributed by atoms with Crippen molar-refractivity contribution in [3.05, 3.63) is 161 Å². The molecule has 2 aliphatic rings. The van der Waals surface area contributed by atoms with Crippen LogP contribution in [0.25, 0.3) is 27.5 Å². The minimum absolute atomic E-state index is 0.228. The lowest BCUT2D eigenvalue weighted by Gasteiger charge is -2.23. The predicted octanol–water partition coefficient (Wildman–Crippen LogP) is 8.63. The SMILES string of the molecule is N#CC1=CCCC(c2ccc(-c3ccc4ccc(C5=NC(c6ccccc6)NC(c6ccccc6)=N5)cc4c3)cc2)=C1. The number of benzene rings is 5. The van der Waals surface area contributed by atoms with Gasteiger partial charge in [-0.2, -0.15) is 5.26 Å². The first-order chi connectivity index (χ1) is 20.7. The van der Waals surface area contributed by atoms with E-state index in [2.05, 4.69) is 96.3 Å². The molecule has 0 fully saturated rings. The molecule has 0 bridgehead atoms. The molecule has 1 aliphatic heterocycles. The molecule has 5 aromatic carbocycles. The monoisotopic (exact) mass is 540 g/mol. The first-order valence-electron chi connectivity index (χ1n) is 14.2. The molecule has 1 atom stereocenters. The van der Waals surface area contributed by atoms with E-state index < -0.39 is 0 Å². The molecule has 0 aromatic heterocycles. The minimum Gasteiger partial charge on any atom is -0.344 e. The standard InChI is InChI=1S/C38H28N4/c39-25-26-8-7-13-32(22-26)27-14-16-28(17-15-27)33-20-18-29-19-21-34(24-35(29)23-33)38-41-36(30-9-3-1-4-10-30)40-37(42-38)31-11-5-2-6-12-31/h1-6,8-12,14-24,36H,7,13H2,(H,40,41,42). The molecule has 0 spiro atoms. The zero-order valence-corrected chi connectivity index (χ0v) is 23.0. The fraction of sp³-hybridized carbons (Fsp3) is 0.0789. The second-order valence-corrected chi connectivity index (χ2v) is 10.6. The van der Waals surface area contributed by atoms with Crippen LogP contribution in [0.1, 0.15) is 41.3 Å². The molecule has 4 nitrogen and oxygen atoms in total. The number of amidine groups is 2. The summed E-state index contributed by atoms with van der Waals surface area (Å²) in [6.45, 7) is 0. The second kappa shape index (κ2) is 11.2. The summed E-state index contributed by atoms with van der Waals surface area (Å²) >= 11 is 0. The Morgan fingerprint density at radius 2 is 1.33 bits per heavy atom. The van der Waals surface area contributed by atoms with Crippen LogP contribution in [0.4, 0.5) is 0 Å². The van der Waals surface area contributed by atoms with Crippen LogP contribution in [-0.2, 0) is 0 Å². The summed E-state index contributed by atoms with van der Waals surface area (Å²) in [5.41, 5.74) is 8.56. The van der Waals surface area contributed by atoms with Crippen LogP contribution in [0.3, 0.4) is 0 Å². The van der Waals surface area contributed by atoms with Crippen LogP contribution in [0, 0.1) is 11.3 Å². The van der Waals surface area contributed by atoms with Gasteiger partial charge in [-0.25, -0.2) is 9.98 Å². The second-order valence-electron chi connectivity index (χ2n) is 10.6. The zero-order valence-electron chi connectivity index (χ0n) is 23.0. The average molecular weight is 541 g/mol. The summed E-state index contributed by atoms with van der Waals surface area (Å²) in [4.78, 5) is 10.0. The van der Waals surface area contributed by atoms with Gasteiger partial charge in [0.05, 0.1) is 6.07 Å². The van der Waals surface area contributed by atoms with Gasteiger partial charge in [-0.3, -0.25) is 0 Å². The van der Waals surface area contributed by atoms with Gasteiger partial charge in [0.25, 0.3) is 0 Å². The molecule has 1 aliphatic carbocycles. The summed E-state index contributed by atoms with van der Waals surface area (Å²) < 4.78 is 0. The number of fused-ring (bicyclic) bond motifs is 1. The van der Waals surface area contributed by atoms with E-state index in [1.165, 1.54) is 16.5 Å². The highest BCUT2D eigenvalue weighted by Crippen LogP contribution is 2.31. The van der Waals surface area contributed by atoms with Crippen molar-refractivity contribution in [3.63, 3.8) is 0 Å². The van der Waals surface area contributed by atoms with Gasteiger partial charge in [-0.15, -0.1) is 0 Å². The fourth-order valence-electron chi connectivity index (χ4n) is 5.58. The third-order valence-corrected chi connectivity index (χ3v) is 7.83. The molecule has 0 saturated heterocycles. The van der Waals surface area contributed by atoms with Crippen molar-refractivity contribution in [3.8, 4) is 17.2 Å². The van der Waals surface area contributed by atoms with Crippen LogP contribution >= 0.6 is 0 Å². The fourth-order valence-corrected chi connectivity index (χ4v) is 5.58. The summed E-state index contributed by atoms with van der Waals surface area (Å²) in [6.07, 6.45) is 5.66. The van der Waals surface area contributed by atoms with Crippen molar-refractivity contribution in [2.24, 2.45) is 9.98 Å². The Morgan fingerprint density at radius 3 is 2.10 bits per heavy atom. The molecule has 1 heterocycles. The lowest BCUT2D eigenvalue weighted by molar-refractivity contribution is 0.674. The van der Waals surface area contributed by atoms with E-state index in [9.17, 15) is 5.26 Å². The molecule has 1 N–H and O–H groups in total. The van der Waals surface area contributed by atoms with Gasteiger partial charge >= 0.3 is 0 Å². The normalized spacial score (nSPS) is 16.4. The maximum atomic E-state index is 9.29. The van der Waals surface area contributed by atoms with E-state index in [4.69, 9.17) is 9.98 Å². The number of hydrogen-bond donors (Lipinski definition) is 1. The van der Waals surface area contributed by atoms with Gasteiger partial charge in [-0.05, 0) is 69.6 Å². The first kappa shape index (κ1) is 25.4. The minimum atomic E-state index is -0.228. The van der Waals surface area contributed by atoms with Gasteiger partial charge in [0.1, 0.15) is 12.0 Å². The number of nitrogens with zero attached hydrogens (tertiary/aromatic N) is 3. The zero-order chi connectivity index (χ0) is 28.3. The van der Waals surface area contributed by atoms with E-state index in [1.807, 2.05) is 48.6 Å². The molecule has 7 rings (SSSR count). The van der Waals surface area contributed by atoms with Crippen LogP contribution < -0.4 is 5.32 Å². The Bertz CT molecular complexity index is 1940. The van der Waals surface area contributed by atoms with Crippen molar-refractivity contribution < 1.29 is 0 Å². The smallest absolute Gasteiger partial charge is 0.159 e. The van der Waals surface area contributed by atoms with Crippen molar-refractivity contribution in [2.75, 3.05) is 0 Å². The Labute approximate surface area is 245 Å². The number of rotatable bonds is 5. The highest BCUT2D eigenvalue weighted by Gasteiger charge is 2.21. The van der Waals surface area contributed by atoms with Gasteiger partial charge in [-0.1, -0.05) is 115 Å². The molecule has 5 aromatic rings. The average Bonchev–Trinajstić information content (AvgIpc) is 3.08. The lowest BCUT2D eigenvalue weighted by atomic mass is 9.92. The van der Waals surface area contributed by atoms with Gasteiger partial charge in [0, 0.05) is 16.7 Å². The predicted molar refractivity (Wildman–Crippen MR) is 172 cm³/mol. The third kappa shape index (κ3) is 5.16. The number of allylic oxidation sites excluding steroid dienone is 4. The number of nitriles is 1. The summed E-state index contributed by atoms with van der Waals surface area (Å²) in [5.74, 6) is 1.53. The highest BCUT2D eigenvalue weighted by atomic mass is 15.2. The summed E-state index contributed by atoms with van der Waals surface area (Å²) in [7, 11) is 0. The molecule has 0 saturated carbocycles. The van der Waals surface area contributed by atoms with Crippen molar-refractivity contribution in [1.29, 1.82) is 5.26 Å². The van der Waals surface area contributed by atoms with Crippen molar-refractivity contribution >= 4 is 28.0 Å². The third-order valence-electron chi connectivity index (χ3n) is 7.83. The summed E-state index contributed by atoms with van der Waals surface area (Å²) in [5, 5.41) is 15.1. The van der Waals surface area contributed by atoms with Gasteiger partial charge in [0.15, 0.2) is 5.84 Å². The molecule has 4 heteroatoms. The lowest BCUT2D eigenvalue weighted by Crippen LogP contribution is -2.33. The van der Waals surface area contributed by atoms with Crippen LogP contribution in [-0.4, -0.2) is 11.7 Å². The quantitative estimate of drug-likeness (QED) is 0.243. The van der Waals surface area contributed by atoms with E-state index in [0.717, 1.165) is 57.5 Å². The van der Waals surface area contributed by atoms with Gasteiger partial charge in [0.2, 0.25) is 0 Å². The Morgan fingerprint density at radius 1 is 0.667 bits per heavy atom. The molecular formula is C38H28N4. The van der Waals surface area contributed by atoms with Gasteiger partial charge < -0.3 is 5.32 Å². The topological polar surface area (TPSA) is 60.5 Å². The van der Waals surface area contributed by atoms with Crippen LogP contribution in [0.15, 0.2) is 149 Å². The first-order valence-corrected chi connectivity index (χ1v) is 14.2. The molecular weight excluding hydrogens is 512 g/mol. The molecule has 1 unspecified atom stereocenters. The number of hydrogen-bond acceptors (Lipinski definition) is 4. The van der Waals surface area contributed by atoms with Crippen molar-refractivity contribution in [1.82, 2.24) is 5.32 Å². The Hall–Kier alpha value is -5.53. The van der Waals surface area contributed by atoms with E-state index in [0.29, 0.717) is 5.84 Å². The summed E-state index contributed by atoms with van der Waals surface area (Å²) in [6, 6.07) is 44.4. The van der Waals surface area contributed by atoms with Crippen molar-refractivity contribution in [2.45, 2.75) is 19.0 Å². The Balaban J connectivity index is 1.23. The Kier molecular flexibility index (Phi) is 6.76. The maximum Gasteiger partial charge on any atom is 0.159 e. The molecule has 42 heavy (non-hydrogen) atoms. The maximum absolute atomic E-state index is 9.29. The number of aliphatic imine (C=N–C) groups is 2. The molecule has 0 radical (unpaired) electrons. The molecule has 0 amide bonds.